The standard InChI is InChI=1S/C22H30NO2/c1-3-5-6-7-8-12-17-25-22(24)21-18-23(4-2)16-15-20(21)19-13-10-9-11-14-19/h9-11,13-16,18H,3-8,12,17H2,1-2H3/q+1. The smallest absolute Gasteiger partial charge is 0.344 e. The van der Waals surface area contributed by atoms with Crippen molar-refractivity contribution in [1.82, 2.24) is 0 Å². The monoisotopic (exact) mass is 340 g/mol. The minimum Gasteiger partial charge on any atom is -0.462 e. The predicted octanol–water partition coefficient (Wildman–Crippen LogP) is 5.18. The van der Waals surface area contributed by atoms with Gasteiger partial charge < -0.3 is 4.74 Å². The molecule has 25 heavy (non-hydrogen) atoms. The number of esters is 1. The van der Waals surface area contributed by atoms with Gasteiger partial charge in [0.1, 0.15) is 12.1 Å². The van der Waals surface area contributed by atoms with Gasteiger partial charge in [-0.25, -0.2) is 9.36 Å². The van der Waals surface area contributed by atoms with Gasteiger partial charge in [-0.3, -0.25) is 0 Å². The number of carbonyl (C=O) groups excluding carboxylic acids is 1. The van der Waals surface area contributed by atoms with Gasteiger partial charge in [-0.1, -0.05) is 69.4 Å². The van der Waals surface area contributed by atoms with E-state index in [-0.39, 0.29) is 5.97 Å². The lowest BCUT2D eigenvalue weighted by atomic mass is 10.0. The number of nitrogens with zero attached hydrogens (tertiary/aromatic N) is 1. The van der Waals surface area contributed by atoms with Gasteiger partial charge in [-0.15, -0.1) is 0 Å². The summed E-state index contributed by atoms with van der Waals surface area (Å²) in [5.74, 6) is -0.227. The highest BCUT2D eigenvalue weighted by atomic mass is 16.5. The lowest BCUT2D eigenvalue weighted by molar-refractivity contribution is -0.693. The summed E-state index contributed by atoms with van der Waals surface area (Å²) in [7, 11) is 0. The van der Waals surface area contributed by atoms with Gasteiger partial charge in [-0.05, 0) is 18.9 Å². The van der Waals surface area contributed by atoms with Crippen LogP contribution < -0.4 is 4.57 Å². The minimum absolute atomic E-state index is 0.227. The molecule has 0 bridgehead atoms. The number of pyridine rings is 1. The Morgan fingerprint density at radius 1 is 0.960 bits per heavy atom. The molecule has 2 rings (SSSR count). The Bertz CT molecular complexity index is 652. The van der Waals surface area contributed by atoms with Gasteiger partial charge in [0.2, 0.25) is 0 Å². The van der Waals surface area contributed by atoms with Crippen LogP contribution in [-0.4, -0.2) is 12.6 Å². The molecule has 0 saturated carbocycles. The van der Waals surface area contributed by atoms with Crippen molar-refractivity contribution < 1.29 is 14.1 Å². The molecule has 0 atom stereocenters. The first-order chi connectivity index (χ1) is 12.3. The number of aromatic nitrogens is 1. The van der Waals surface area contributed by atoms with Gasteiger partial charge >= 0.3 is 5.97 Å². The van der Waals surface area contributed by atoms with E-state index in [2.05, 4.69) is 13.8 Å². The van der Waals surface area contributed by atoms with Crippen molar-refractivity contribution in [1.29, 1.82) is 0 Å². The molecule has 0 fully saturated rings. The Morgan fingerprint density at radius 2 is 1.68 bits per heavy atom. The largest absolute Gasteiger partial charge is 0.462 e. The summed E-state index contributed by atoms with van der Waals surface area (Å²) in [6.07, 6.45) is 11.0. The molecule has 0 aliphatic carbocycles. The zero-order valence-corrected chi connectivity index (χ0v) is 15.5. The van der Waals surface area contributed by atoms with Crippen LogP contribution in [0.25, 0.3) is 11.1 Å². The van der Waals surface area contributed by atoms with E-state index in [9.17, 15) is 4.79 Å². The van der Waals surface area contributed by atoms with E-state index in [1.807, 2.05) is 53.4 Å². The first kappa shape index (κ1) is 19.2. The SMILES string of the molecule is CCCCCCCCOC(=O)c1c[n+](CC)ccc1-c1ccccc1. The van der Waals surface area contributed by atoms with Crippen LogP contribution in [0, 0.1) is 0 Å². The Labute approximate surface area is 151 Å². The number of ether oxygens (including phenoxy) is 1. The second-order valence-corrected chi connectivity index (χ2v) is 6.37. The number of benzene rings is 1. The number of hydrogen-bond donors (Lipinski definition) is 0. The van der Waals surface area contributed by atoms with E-state index >= 15 is 0 Å². The van der Waals surface area contributed by atoms with E-state index in [1.54, 1.807) is 0 Å². The van der Waals surface area contributed by atoms with Crippen LogP contribution in [0.15, 0.2) is 48.8 Å². The molecule has 0 spiro atoms. The van der Waals surface area contributed by atoms with E-state index in [4.69, 9.17) is 4.74 Å². The lowest BCUT2D eigenvalue weighted by Crippen LogP contribution is -2.32. The fourth-order valence-electron chi connectivity index (χ4n) is 2.89. The van der Waals surface area contributed by atoms with Crippen molar-refractivity contribution in [3.05, 3.63) is 54.4 Å². The summed E-state index contributed by atoms with van der Waals surface area (Å²) in [4.78, 5) is 12.6. The third-order valence-electron chi connectivity index (χ3n) is 4.42. The third kappa shape index (κ3) is 6.00. The fourth-order valence-corrected chi connectivity index (χ4v) is 2.89. The van der Waals surface area contributed by atoms with Gasteiger partial charge in [0.25, 0.3) is 0 Å². The molecule has 0 amide bonds. The first-order valence-corrected chi connectivity index (χ1v) is 9.52. The topological polar surface area (TPSA) is 30.2 Å². The van der Waals surface area contributed by atoms with Crippen LogP contribution in [0.5, 0.6) is 0 Å². The molecular formula is C22H30NO2+. The van der Waals surface area contributed by atoms with Crippen molar-refractivity contribution in [2.24, 2.45) is 0 Å². The van der Waals surface area contributed by atoms with E-state index in [0.29, 0.717) is 12.2 Å². The summed E-state index contributed by atoms with van der Waals surface area (Å²) in [5, 5.41) is 0. The second-order valence-electron chi connectivity index (χ2n) is 6.37. The zero-order chi connectivity index (χ0) is 17.9. The number of unbranched alkanes of at least 4 members (excludes halogenated alkanes) is 5. The molecule has 134 valence electrons. The average molecular weight is 340 g/mol. The first-order valence-electron chi connectivity index (χ1n) is 9.52. The number of rotatable bonds is 10. The minimum atomic E-state index is -0.227. The maximum atomic E-state index is 12.6. The van der Waals surface area contributed by atoms with Crippen molar-refractivity contribution in [3.63, 3.8) is 0 Å². The fraction of sp³-hybridized carbons (Fsp3) is 0.455. The molecule has 3 nitrogen and oxygen atoms in total. The van der Waals surface area contributed by atoms with Crippen molar-refractivity contribution >= 4 is 5.97 Å². The molecule has 1 aromatic carbocycles. The average Bonchev–Trinajstić information content (AvgIpc) is 2.67. The number of aryl methyl sites for hydroxylation is 1. The van der Waals surface area contributed by atoms with Crippen LogP contribution in [0.4, 0.5) is 0 Å². The van der Waals surface area contributed by atoms with Crippen LogP contribution in [-0.2, 0) is 11.3 Å². The summed E-state index contributed by atoms with van der Waals surface area (Å²) < 4.78 is 7.55. The highest BCUT2D eigenvalue weighted by molar-refractivity contribution is 5.96. The second kappa shape index (κ2) is 10.7. The van der Waals surface area contributed by atoms with E-state index < -0.39 is 0 Å². The number of hydrogen-bond acceptors (Lipinski definition) is 2. The molecule has 0 aliphatic heterocycles. The highest BCUT2D eigenvalue weighted by Crippen LogP contribution is 2.23. The Hall–Kier alpha value is -2.16. The third-order valence-corrected chi connectivity index (χ3v) is 4.42. The normalized spacial score (nSPS) is 10.6. The van der Waals surface area contributed by atoms with Crippen LogP contribution >= 0.6 is 0 Å². The molecule has 0 unspecified atom stereocenters. The molecule has 0 N–H and O–H groups in total. The van der Waals surface area contributed by atoms with Crippen molar-refractivity contribution in [2.45, 2.75) is 58.9 Å². The molecule has 1 aromatic heterocycles. The van der Waals surface area contributed by atoms with Gasteiger partial charge in [0, 0.05) is 11.6 Å². The van der Waals surface area contributed by atoms with Crippen molar-refractivity contribution in [2.75, 3.05) is 6.61 Å². The Kier molecular flexibility index (Phi) is 8.17. The van der Waals surface area contributed by atoms with Crippen LogP contribution in [0.3, 0.4) is 0 Å². The molecular weight excluding hydrogens is 310 g/mol. The molecule has 0 aliphatic rings. The van der Waals surface area contributed by atoms with Gasteiger partial charge in [-0.2, -0.15) is 0 Å². The zero-order valence-electron chi connectivity index (χ0n) is 15.5. The van der Waals surface area contributed by atoms with Crippen LogP contribution in [0.2, 0.25) is 0 Å². The Morgan fingerprint density at radius 3 is 2.40 bits per heavy atom. The summed E-state index contributed by atoms with van der Waals surface area (Å²) in [5.41, 5.74) is 2.61. The Balaban J connectivity index is 2.00. The summed E-state index contributed by atoms with van der Waals surface area (Å²) in [6, 6.07) is 12.0. The molecule has 0 radical (unpaired) electrons. The highest BCUT2D eigenvalue weighted by Gasteiger charge is 2.18. The maximum Gasteiger partial charge on any atom is 0.344 e. The molecule has 1 heterocycles. The van der Waals surface area contributed by atoms with Gasteiger partial charge in [0.05, 0.1) is 6.61 Å². The molecule has 2 aromatic rings. The molecule has 0 saturated heterocycles. The quantitative estimate of drug-likeness (QED) is 0.339. The lowest BCUT2D eigenvalue weighted by Gasteiger charge is -2.09. The molecule has 3 heteroatoms. The van der Waals surface area contributed by atoms with E-state index in [1.165, 1.54) is 25.7 Å². The summed E-state index contributed by atoms with van der Waals surface area (Å²) in [6.45, 7) is 5.61. The van der Waals surface area contributed by atoms with E-state index in [0.717, 1.165) is 30.5 Å². The van der Waals surface area contributed by atoms with Crippen molar-refractivity contribution in [3.8, 4) is 11.1 Å². The van der Waals surface area contributed by atoms with Crippen LogP contribution in [0.1, 0.15) is 62.7 Å². The maximum absolute atomic E-state index is 12.6. The summed E-state index contributed by atoms with van der Waals surface area (Å²) >= 11 is 0. The van der Waals surface area contributed by atoms with Gasteiger partial charge in [0.15, 0.2) is 12.4 Å². The number of carbonyl (C=O) groups is 1. The predicted molar refractivity (Wildman–Crippen MR) is 101 cm³/mol.